The summed E-state index contributed by atoms with van der Waals surface area (Å²) in [5.74, 6) is 4.11. The van der Waals surface area contributed by atoms with Gasteiger partial charge in [-0.05, 0) is 125 Å². The number of unbranched alkanes of at least 4 members (excludes halogenated alkanes) is 5. The van der Waals surface area contributed by atoms with E-state index in [1.165, 1.54) is 107 Å². The smallest absolute Gasteiger partial charge is 0.329 e. The highest BCUT2D eigenvalue weighted by Crippen LogP contribution is 2.52. The molecule has 4 aliphatic rings. The number of hydrogen-bond acceptors (Lipinski definition) is 9. The number of pyridine rings is 1. The average Bonchev–Trinajstić information content (AvgIpc) is 2.09. The number of aliphatic hydroxyl groups is 1. The number of ether oxygens (including phenoxy) is 1. The molecule has 5 heterocycles. The van der Waals surface area contributed by atoms with Gasteiger partial charge in [0, 0.05) is 54.7 Å². The van der Waals surface area contributed by atoms with Gasteiger partial charge in [0.05, 0.1) is 45.4 Å². The van der Waals surface area contributed by atoms with Crippen LogP contribution in [0.2, 0.25) is 0 Å². The number of rotatable bonds is 19. The summed E-state index contributed by atoms with van der Waals surface area (Å²) in [6.07, 6.45) is 34.5. The number of amides is 2. The lowest BCUT2D eigenvalue weighted by Crippen LogP contribution is -2.46. The Morgan fingerprint density at radius 2 is 1.58 bits per heavy atom. The molecule has 6 aromatic rings. The van der Waals surface area contributed by atoms with Gasteiger partial charge in [-0.2, -0.15) is 9.97 Å². The second kappa shape index (κ2) is 31.5. The lowest BCUT2D eigenvalue weighted by atomic mass is 9.58. The predicted octanol–water partition coefficient (Wildman–Crippen LogP) is 17.0. The molecule has 13 heteroatoms. The normalized spacial score (nSPS) is 20.7. The first-order valence-corrected chi connectivity index (χ1v) is 32.6. The summed E-state index contributed by atoms with van der Waals surface area (Å²) in [4.78, 5) is 52.4. The molecular formula is C72H104FN7O5. The van der Waals surface area contributed by atoms with E-state index in [1.807, 2.05) is 57.2 Å². The maximum Gasteiger partial charge on any atom is 0.329 e. The van der Waals surface area contributed by atoms with Crippen molar-refractivity contribution in [3.63, 3.8) is 0 Å². The van der Waals surface area contributed by atoms with Gasteiger partial charge < -0.3 is 14.7 Å². The summed E-state index contributed by atoms with van der Waals surface area (Å²) in [5.41, 5.74) is 5.72. The van der Waals surface area contributed by atoms with E-state index in [-0.39, 0.29) is 29.0 Å². The largest absolute Gasteiger partial charge is 0.463 e. The fraction of sp³-hybridized carbons (Fsp3) is 0.611. The number of nitrogens with one attached hydrogen (secondary N) is 1. The van der Waals surface area contributed by atoms with Crippen LogP contribution in [0.25, 0.3) is 44.0 Å². The number of aryl methyl sites for hydroxylation is 3. The number of imidazole rings is 1. The molecule has 3 aromatic heterocycles. The highest BCUT2D eigenvalue weighted by molar-refractivity contribution is 6.03. The number of para-hydroxylation sites is 1. The molecule has 4 fully saturated rings. The van der Waals surface area contributed by atoms with Gasteiger partial charge in [0.1, 0.15) is 17.7 Å². The molecule has 3 aromatic carbocycles. The third-order valence-corrected chi connectivity index (χ3v) is 18.5. The molecular weight excluding hydrogens is 1060 g/mol. The second-order valence-electron chi connectivity index (χ2n) is 25.8. The lowest BCUT2D eigenvalue weighted by Gasteiger charge is -2.47. The van der Waals surface area contributed by atoms with Gasteiger partial charge in [-0.15, -0.1) is 6.42 Å². The van der Waals surface area contributed by atoms with Crippen LogP contribution in [0.3, 0.4) is 0 Å². The molecule has 2 saturated carbocycles. The third-order valence-electron chi connectivity index (χ3n) is 18.5. The van der Waals surface area contributed by atoms with E-state index in [2.05, 4.69) is 78.5 Å². The molecule has 0 radical (unpaired) electrons. The van der Waals surface area contributed by atoms with Crippen LogP contribution in [-0.2, 0) is 16.6 Å². The Morgan fingerprint density at radius 1 is 0.871 bits per heavy atom. The number of piperidine rings is 2. The number of carbonyl (C=O) groups is 2. The number of hydrogen-bond donors (Lipinski definition) is 2. The minimum absolute atomic E-state index is 0.213. The van der Waals surface area contributed by atoms with Crippen molar-refractivity contribution < 1.29 is 23.8 Å². The first-order chi connectivity index (χ1) is 40.7. The Hall–Kier alpha value is -6.13. The molecule has 2 saturated heterocycles. The summed E-state index contributed by atoms with van der Waals surface area (Å²) in [7, 11) is 1.69. The maximum atomic E-state index is 14.7. The zero-order chi connectivity index (χ0) is 62.1. The van der Waals surface area contributed by atoms with Crippen LogP contribution in [0.1, 0.15) is 233 Å². The quantitative estimate of drug-likeness (QED) is 0.0460. The molecule has 2 amide bonds. The lowest BCUT2D eigenvalue weighted by molar-refractivity contribution is -0.135. The molecule has 464 valence electrons. The number of benzene rings is 3. The summed E-state index contributed by atoms with van der Waals surface area (Å²) in [5, 5.41) is 15.4. The molecule has 12 nitrogen and oxygen atoms in total. The minimum atomic E-state index is -0.808. The number of imide groups is 1. The monoisotopic (exact) mass is 1170 g/mol. The van der Waals surface area contributed by atoms with Crippen LogP contribution in [0.15, 0.2) is 59.5 Å². The van der Waals surface area contributed by atoms with E-state index in [0.717, 1.165) is 99.9 Å². The number of terminal acetylenes is 1. The number of aromatic nitrogens is 5. The van der Waals surface area contributed by atoms with Crippen molar-refractivity contribution in [3.8, 4) is 29.6 Å². The fourth-order valence-electron chi connectivity index (χ4n) is 12.9. The zero-order valence-corrected chi connectivity index (χ0v) is 54.3. The van der Waals surface area contributed by atoms with E-state index < -0.39 is 23.4 Å². The van der Waals surface area contributed by atoms with Crippen LogP contribution in [0, 0.1) is 54.7 Å². The van der Waals surface area contributed by atoms with Gasteiger partial charge >= 0.3 is 11.7 Å². The van der Waals surface area contributed by atoms with Gasteiger partial charge in [0.15, 0.2) is 0 Å². The highest BCUT2D eigenvalue weighted by Gasteiger charge is 2.42. The Balaban J connectivity index is 0.000000208. The van der Waals surface area contributed by atoms with E-state index in [9.17, 15) is 23.9 Å². The Kier molecular flexibility index (Phi) is 25.2. The number of halogens is 1. The summed E-state index contributed by atoms with van der Waals surface area (Å²) < 4.78 is 24.0. The summed E-state index contributed by atoms with van der Waals surface area (Å²) >= 11 is 0. The van der Waals surface area contributed by atoms with Gasteiger partial charge in [-0.1, -0.05) is 175 Å². The van der Waals surface area contributed by atoms with Crippen molar-refractivity contribution in [2.45, 2.75) is 236 Å². The van der Waals surface area contributed by atoms with Crippen LogP contribution < -0.4 is 20.6 Å². The highest BCUT2D eigenvalue weighted by atomic mass is 19.1. The van der Waals surface area contributed by atoms with E-state index in [0.29, 0.717) is 42.5 Å². The Bertz CT molecular complexity index is 3260. The zero-order valence-electron chi connectivity index (χ0n) is 54.3. The molecule has 10 rings (SSSR count). The van der Waals surface area contributed by atoms with Crippen molar-refractivity contribution in [1.29, 1.82) is 0 Å². The molecule has 0 spiro atoms. The first-order valence-electron chi connectivity index (χ1n) is 32.6. The van der Waals surface area contributed by atoms with Gasteiger partial charge in [0.25, 0.3) is 0 Å². The Labute approximate surface area is 508 Å². The second-order valence-corrected chi connectivity index (χ2v) is 25.8. The average molecular weight is 1170 g/mol. The number of anilines is 1. The first kappa shape index (κ1) is 68.0. The Morgan fingerprint density at radius 3 is 2.19 bits per heavy atom. The van der Waals surface area contributed by atoms with Gasteiger partial charge in [-0.25, -0.2) is 9.18 Å². The van der Waals surface area contributed by atoms with Crippen LogP contribution >= 0.6 is 0 Å². The standard InChI is InChI=1S/C32H33FN4O2.C14H15N3O3.C13H26.C9H20.C4H10/c1-5-22-25(33)12-11-21-9-7-10-23(26(21)22)27-20(3)28-24(17-34-27)29(37-16-8-13-31(4,38)18-37)36-30(35-28)39-19-32(6-2)14-15-32;1-8-4-3-5-9-12(8)16(2)14(20)17(9)10-6-7-11(18)15-13(10)19;1-4-6-7-9-13(8-5-2)10-12(3)11-13;1-4-6-7-8-9(3)5-2;1-3-4-2/h1,7,9-12,17,38H,6,8,13-16,18-19H2,2-4H3;3-5,10H,6-7H2,1-2H3,(H,15,18,19);12H,4-11H2,1-3H3;9H,4-8H2,1-3H3;3-4H2,1-2H3. The van der Waals surface area contributed by atoms with E-state index in [4.69, 9.17) is 26.1 Å². The molecule has 0 bridgehead atoms. The summed E-state index contributed by atoms with van der Waals surface area (Å²) in [6.45, 7) is 28.1. The summed E-state index contributed by atoms with van der Waals surface area (Å²) in [6, 6.07) is 14.2. The van der Waals surface area contributed by atoms with Crippen molar-refractivity contribution in [1.82, 2.24) is 29.4 Å². The van der Waals surface area contributed by atoms with Crippen molar-refractivity contribution >= 4 is 50.3 Å². The fourth-order valence-corrected chi connectivity index (χ4v) is 12.9. The van der Waals surface area contributed by atoms with E-state index in [1.54, 1.807) is 23.9 Å². The van der Waals surface area contributed by atoms with Crippen LogP contribution in [0.4, 0.5) is 10.2 Å². The molecule has 2 aliphatic heterocycles. The topological polar surface area (TPSA) is 144 Å². The van der Waals surface area contributed by atoms with Crippen LogP contribution in [-0.4, -0.2) is 66.3 Å². The molecule has 85 heavy (non-hydrogen) atoms. The van der Waals surface area contributed by atoms with Crippen molar-refractivity contribution in [2.24, 2.45) is 29.7 Å². The van der Waals surface area contributed by atoms with Gasteiger partial charge in [0.2, 0.25) is 11.8 Å². The third kappa shape index (κ3) is 17.3. The van der Waals surface area contributed by atoms with Crippen molar-refractivity contribution in [3.05, 3.63) is 87.7 Å². The number of fused-ring (bicyclic) bond motifs is 3. The molecule has 2 aliphatic carbocycles. The maximum absolute atomic E-state index is 14.7. The molecule has 3 unspecified atom stereocenters. The van der Waals surface area contributed by atoms with Crippen LogP contribution in [0.5, 0.6) is 6.01 Å². The number of nitrogens with zero attached hydrogens (tertiary/aromatic N) is 6. The molecule has 2 N–H and O–H groups in total. The predicted molar refractivity (Wildman–Crippen MR) is 350 cm³/mol. The van der Waals surface area contributed by atoms with Crippen molar-refractivity contribution in [2.75, 3.05) is 24.6 Å². The number of carbonyl (C=O) groups excluding carboxylic acids is 2. The van der Waals surface area contributed by atoms with E-state index >= 15 is 0 Å². The SMILES string of the molecule is C#Cc1c(F)ccc2cccc(-c3ncc4c(N5CCCC(C)(O)C5)nc(OCC5(CC)CC5)nc4c3C)c12.CCCC.CCCCCC(C)CC.CCCCCC1(CCC)CC(C)C1.Cc1cccc2c1n(C)c(=O)n2C1CCC(=O)NC1=O. The molecule has 3 atom stereocenters. The number of β-amino-alcohol motifs (C(OH)–C–C–N with tert-alkyl or cyclic N) is 1. The minimum Gasteiger partial charge on any atom is -0.463 e. The van der Waals surface area contributed by atoms with Gasteiger partial charge in [-0.3, -0.25) is 29.0 Å².